The lowest BCUT2D eigenvalue weighted by Gasteiger charge is -2.14. The summed E-state index contributed by atoms with van der Waals surface area (Å²) in [5.74, 6) is -1.14. The Morgan fingerprint density at radius 2 is 1.10 bits per heavy atom. The zero-order chi connectivity index (χ0) is 29.7. The van der Waals surface area contributed by atoms with E-state index in [1.54, 1.807) is 30.3 Å². The second-order valence-electron chi connectivity index (χ2n) is 9.21. The van der Waals surface area contributed by atoms with E-state index in [4.69, 9.17) is 9.47 Å². The van der Waals surface area contributed by atoms with Gasteiger partial charge in [0.25, 0.3) is 0 Å². The van der Waals surface area contributed by atoms with Crippen LogP contribution in [0, 0.1) is 0 Å². The van der Waals surface area contributed by atoms with Gasteiger partial charge in [0.05, 0.1) is 35.1 Å². The third kappa shape index (κ3) is 6.00. The minimum atomic E-state index is -3.86. The summed E-state index contributed by atoms with van der Waals surface area (Å²) in [6.07, 6.45) is 0. The molecule has 0 aliphatic rings. The summed E-state index contributed by atoms with van der Waals surface area (Å²) in [5, 5.41) is 0. The van der Waals surface area contributed by atoms with Gasteiger partial charge < -0.3 is 9.47 Å². The number of hydrogen-bond donors (Lipinski definition) is 0. The molecule has 42 heavy (non-hydrogen) atoms. The van der Waals surface area contributed by atoms with Crippen LogP contribution in [0.15, 0.2) is 141 Å². The van der Waals surface area contributed by atoms with Crippen molar-refractivity contribution >= 4 is 33.5 Å². The van der Waals surface area contributed by atoms with Crippen LogP contribution in [0.25, 0.3) is 22.3 Å². The average Bonchev–Trinajstić information content (AvgIpc) is 3.04. The first-order valence-corrected chi connectivity index (χ1v) is 15.2. The molecule has 8 heteroatoms. The van der Waals surface area contributed by atoms with Crippen molar-refractivity contribution in [2.24, 2.45) is 0 Å². The lowest BCUT2D eigenvalue weighted by molar-refractivity contribution is 0.0592. The van der Waals surface area contributed by atoms with Crippen LogP contribution in [0.1, 0.15) is 20.7 Å². The maximum absolute atomic E-state index is 13.3. The molecule has 0 saturated carbocycles. The highest BCUT2D eigenvalue weighted by atomic mass is 32.2. The van der Waals surface area contributed by atoms with Crippen molar-refractivity contribution in [2.75, 3.05) is 14.2 Å². The number of esters is 2. The van der Waals surface area contributed by atoms with Gasteiger partial charge in [-0.15, -0.1) is 0 Å². The molecule has 0 aliphatic heterocycles. The Morgan fingerprint density at radius 3 is 1.69 bits per heavy atom. The molecular formula is C34H26O6S2. The molecule has 0 spiro atoms. The van der Waals surface area contributed by atoms with Gasteiger partial charge in [0.1, 0.15) is 0 Å². The highest BCUT2D eigenvalue weighted by Crippen LogP contribution is 2.36. The predicted octanol–water partition coefficient (Wildman–Crippen LogP) is 7.58. The molecule has 210 valence electrons. The van der Waals surface area contributed by atoms with E-state index < -0.39 is 21.8 Å². The van der Waals surface area contributed by atoms with Crippen molar-refractivity contribution in [1.82, 2.24) is 0 Å². The average molecular weight is 595 g/mol. The molecule has 0 fully saturated rings. The first kappa shape index (κ1) is 28.9. The molecule has 0 amide bonds. The summed E-state index contributed by atoms with van der Waals surface area (Å²) >= 11 is 1.53. The molecule has 0 bridgehead atoms. The van der Waals surface area contributed by atoms with Crippen molar-refractivity contribution < 1.29 is 27.5 Å². The normalized spacial score (nSPS) is 11.1. The summed E-state index contributed by atoms with van der Waals surface area (Å²) in [7, 11) is -1.27. The molecule has 5 rings (SSSR count). The van der Waals surface area contributed by atoms with Gasteiger partial charge in [-0.3, -0.25) is 0 Å². The van der Waals surface area contributed by atoms with Crippen LogP contribution >= 0.6 is 11.8 Å². The first-order valence-electron chi connectivity index (χ1n) is 12.9. The van der Waals surface area contributed by atoms with Crippen LogP contribution < -0.4 is 0 Å². The summed E-state index contributed by atoms with van der Waals surface area (Å²) < 4.78 is 36.6. The molecule has 0 atom stereocenters. The van der Waals surface area contributed by atoms with Crippen molar-refractivity contribution in [2.45, 2.75) is 19.6 Å². The second kappa shape index (κ2) is 12.5. The zero-order valence-corrected chi connectivity index (χ0v) is 24.4. The van der Waals surface area contributed by atoms with Crippen molar-refractivity contribution in [3.63, 3.8) is 0 Å². The number of ether oxygens (including phenoxy) is 2. The monoisotopic (exact) mass is 594 g/mol. The standard InChI is InChI=1S/C34H26O6S2/c1-39-33(35)31-21-26(41-25-12-5-3-6-13-25)16-18-29(31)23-10-9-11-24(20-23)30-19-17-28(22-32(30)34(36)40-2)42(37,38)27-14-7-4-8-15-27/h3-22H,1-2H3. The van der Waals surface area contributed by atoms with Gasteiger partial charge in [-0.05, 0) is 76.9 Å². The topological polar surface area (TPSA) is 86.7 Å². The van der Waals surface area contributed by atoms with Gasteiger partial charge in [-0.25, -0.2) is 18.0 Å². The SMILES string of the molecule is COC(=O)c1cc(Sc2ccccc2)ccc1-c1cccc(-c2ccc(S(=O)(=O)c3ccccc3)cc2C(=O)OC)c1. The Labute approximate surface area is 248 Å². The third-order valence-corrected chi connectivity index (χ3v) is 9.38. The molecule has 0 heterocycles. The molecule has 0 saturated heterocycles. The number of carbonyl (C=O) groups is 2. The highest BCUT2D eigenvalue weighted by Gasteiger charge is 2.23. The quantitative estimate of drug-likeness (QED) is 0.171. The minimum absolute atomic E-state index is 0.0199. The molecule has 0 radical (unpaired) electrons. The summed E-state index contributed by atoms with van der Waals surface area (Å²) in [6.45, 7) is 0. The largest absolute Gasteiger partial charge is 0.465 e. The van der Waals surface area contributed by atoms with Crippen LogP contribution in [0.2, 0.25) is 0 Å². The fraction of sp³-hybridized carbons (Fsp3) is 0.0588. The van der Waals surface area contributed by atoms with Gasteiger partial charge in [-0.1, -0.05) is 78.5 Å². The second-order valence-corrected chi connectivity index (χ2v) is 12.3. The van der Waals surface area contributed by atoms with Crippen LogP contribution in [-0.2, 0) is 19.3 Å². The molecule has 0 aromatic heterocycles. The van der Waals surface area contributed by atoms with Gasteiger partial charge in [0.15, 0.2) is 0 Å². The smallest absolute Gasteiger partial charge is 0.338 e. The van der Waals surface area contributed by atoms with Crippen LogP contribution in [0.5, 0.6) is 0 Å². The summed E-state index contributed by atoms with van der Waals surface area (Å²) in [5.41, 5.74) is 3.02. The van der Waals surface area contributed by atoms with Crippen LogP contribution in [0.3, 0.4) is 0 Å². The first-order chi connectivity index (χ1) is 20.3. The molecule has 5 aromatic carbocycles. The van der Waals surface area contributed by atoms with Crippen molar-refractivity contribution in [3.05, 3.63) is 132 Å². The summed E-state index contributed by atoms with van der Waals surface area (Å²) in [6, 6.07) is 35.2. The zero-order valence-electron chi connectivity index (χ0n) is 22.8. The van der Waals surface area contributed by atoms with E-state index in [0.29, 0.717) is 22.3 Å². The molecular weight excluding hydrogens is 569 g/mol. The number of sulfone groups is 1. The lowest BCUT2D eigenvalue weighted by Crippen LogP contribution is -2.08. The van der Waals surface area contributed by atoms with E-state index in [9.17, 15) is 18.0 Å². The Morgan fingerprint density at radius 1 is 0.548 bits per heavy atom. The van der Waals surface area contributed by atoms with Crippen LogP contribution in [0.4, 0.5) is 0 Å². The lowest BCUT2D eigenvalue weighted by atomic mass is 9.94. The fourth-order valence-electron chi connectivity index (χ4n) is 4.55. The number of carbonyl (C=O) groups excluding carboxylic acids is 2. The predicted molar refractivity (Wildman–Crippen MR) is 162 cm³/mol. The third-order valence-electron chi connectivity index (χ3n) is 6.62. The Balaban J connectivity index is 1.58. The number of methoxy groups -OCH3 is 2. The summed E-state index contributed by atoms with van der Waals surface area (Å²) in [4.78, 5) is 27.7. The van der Waals surface area contributed by atoms with E-state index in [1.165, 1.54) is 50.2 Å². The number of rotatable bonds is 8. The van der Waals surface area contributed by atoms with Gasteiger partial charge in [0, 0.05) is 9.79 Å². The van der Waals surface area contributed by atoms with E-state index in [-0.39, 0.29) is 15.4 Å². The molecule has 5 aromatic rings. The Bertz CT molecular complexity index is 1870. The van der Waals surface area contributed by atoms with Crippen molar-refractivity contribution in [1.29, 1.82) is 0 Å². The number of hydrogen-bond acceptors (Lipinski definition) is 7. The van der Waals surface area contributed by atoms with E-state index in [2.05, 4.69) is 0 Å². The van der Waals surface area contributed by atoms with E-state index in [1.807, 2.05) is 66.7 Å². The van der Waals surface area contributed by atoms with Crippen LogP contribution in [-0.4, -0.2) is 34.6 Å². The highest BCUT2D eigenvalue weighted by molar-refractivity contribution is 7.99. The molecule has 0 unspecified atom stereocenters. The molecule has 0 N–H and O–H groups in total. The maximum Gasteiger partial charge on any atom is 0.338 e. The van der Waals surface area contributed by atoms with E-state index in [0.717, 1.165) is 15.4 Å². The number of benzene rings is 5. The van der Waals surface area contributed by atoms with Gasteiger partial charge in [0.2, 0.25) is 9.84 Å². The van der Waals surface area contributed by atoms with Gasteiger partial charge in [-0.2, -0.15) is 0 Å². The maximum atomic E-state index is 13.3. The van der Waals surface area contributed by atoms with Crippen molar-refractivity contribution in [3.8, 4) is 22.3 Å². The van der Waals surface area contributed by atoms with Gasteiger partial charge >= 0.3 is 11.9 Å². The Kier molecular flexibility index (Phi) is 8.56. The Hall–Kier alpha value is -4.66. The minimum Gasteiger partial charge on any atom is -0.465 e. The van der Waals surface area contributed by atoms with E-state index >= 15 is 0 Å². The molecule has 0 aliphatic carbocycles. The fourth-order valence-corrected chi connectivity index (χ4v) is 6.74. The molecule has 6 nitrogen and oxygen atoms in total.